The highest BCUT2D eigenvalue weighted by Gasteiger charge is 2.12. The van der Waals surface area contributed by atoms with Gasteiger partial charge in [-0.25, -0.2) is 4.98 Å². The monoisotopic (exact) mass is 266 g/mol. The van der Waals surface area contributed by atoms with Crippen molar-refractivity contribution in [3.05, 3.63) is 47.5 Å². The van der Waals surface area contributed by atoms with E-state index in [4.69, 9.17) is 4.98 Å². The van der Waals surface area contributed by atoms with Crippen molar-refractivity contribution in [2.24, 2.45) is 0 Å². The van der Waals surface area contributed by atoms with Gasteiger partial charge in [0.1, 0.15) is 5.01 Å². The molecule has 1 aliphatic rings. The smallest absolute Gasteiger partial charge is 0.124 e. The van der Waals surface area contributed by atoms with E-state index in [1.807, 2.05) is 0 Å². The number of thiazole rings is 1. The molecule has 2 heterocycles. The third-order valence-corrected chi connectivity index (χ3v) is 4.70. The van der Waals surface area contributed by atoms with E-state index in [1.165, 1.54) is 27.1 Å². The fourth-order valence-electron chi connectivity index (χ4n) is 2.58. The van der Waals surface area contributed by atoms with E-state index in [-0.39, 0.29) is 0 Å². The molecule has 0 spiro atoms. The average Bonchev–Trinajstić information content (AvgIpc) is 3.02. The quantitative estimate of drug-likeness (QED) is 0.712. The van der Waals surface area contributed by atoms with Crippen LogP contribution in [0.4, 0.5) is 5.69 Å². The summed E-state index contributed by atoms with van der Waals surface area (Å²) in [5.74, 6) is 0. The zero-order valence-electron chi connectivity index (χ0n) is 10.7. The molecule has 1 aromatic heterocycles. The highest BCUT2D eigenvalue weighted by molar-refractivity contribution is 7.21. The van der Waals surface area contributed by atoms with Gasteiger partial charge in [0, 0.05) is 17.8 Å². The van der Waals surface area contributed by atoms with Crippen LogP contribution in [0.5, 0.6) is 0 Å². The Hall–Kier alpha value is -1.87. The molecule has 0 saturated carbocycles. The number of fused-ring (bicyclic) bond motifs is 2. The van der Waals surface area contributed by atoms with Crippen LogP contribution < -0.4 is 5.32 Å². The maximum atomic E-state index is 4.76. The Morgan fingerprint density at radius 1 is 1.16 bits per heavy atom. The number of aromatic nitrogens is 1. The molecule has 0 unspecified atom stereocenters. The van der Waals surface area contributed by atoms with Crippen molar-refractivity contribution in [1.82, 2.24) is 4.98 Å². The molecule has 3 aromatic rings. The first-order valence-electron chi connectivity index (χ1n) is 6.54. The number of anilines is 1. The summed E-state index contributed by atoms with van der Waals surface area (Å²) in [6.07, 6.45) is 1.13. The minimum atomic E-state index is 1.05. The third kappa shape index (κ3) is 1.81. The van der Waals surface area contributed by atoms with Gasteiger partial charge >= 0.3 is 0 Å². The Morgan fingerprint density at radius 2 is 2.11 bits per heavy atom. The summed E-state index contributed by atoms with van der Waals surface area (Å²) in [6, 6.07) is 13.1. The maximum absolute atomic E-state index is 4.76. The minimum absolute atomic E-state index is 1.05. The van der Waals surface area contributed by atoms with E-state index >= 15 is 0 Å². The van der Waals surface area contributed by atoms with Crippen LogP contribution in [0.3, 0.4) is 0 Å². The molecule has 94 valence electrons. The second-order valence-corrected chi connectivity index (χ2v) is 6.07. The van der Waals surface area contributed by atoms with Crippen molar-refractivity contribution >= 4 is 27.2 Å². The predicted molar refractivity (Wildman–Crippen MR) is 82.0 cm³/mol. The molecule has 0 bridgehead atoms. The highest BCUT2D eigenvalue weighted by atomic mass is 32.1. The Balaban J connectivity index is 1.85. The fourth-order valence-corrected chi connectivity index (χ4v) is 3.53. The molecule has 0 radical (unpaired) electrons. The highest BCUT2D eigenvalue weighted by Crippen LogP contribution is 2.34. The van der Waals surface area contributed by atoms with E-state index in [2.05, 4.69) is 48.6 Å². The van der Waals surface area contributed by atoms with Crippen molar-refractivity contribution in [3.63, 3.8) is 0 Å². The van der Waals surface area contributed by atoms with Gasteiger partial charge in [0.05, 0.1) is 10.2 Å². The summed E-state index contributed by atoms with van der Waals surface area (Å²) in [5, 5.41) is 4.54. The standard InChI is InChI=1S/C16H14N2S/c1-10-2-5-15-14(8-10)18-16(19-15)12-4-3-11-6-7-17-13(11)9-12/h2-5,8-9,17H,6-7H2,1H3. The van der Waals surface area contributed by atoms with Crippen molar-refractivity contribution in [1.29, 1.82) is 0 Å². The molecule has 2 aromatic carbocycles. The summed E-state index contributed by atoms with van der Waals surface area (Å²) in [4.78, 5) is 4.76. The first-order chi connectivity index (χ1) is 9.29. The van der Waals surface area contributed by atoms with Crippen molar-refractivity contribution < 1.29 is 0 Å². The number of aryl methyl sites for hydroxylation is 1. The van der Waals surface area contributed by atoms with Gasteiger partial charge in [-0.15, -0.1) is 11.3 Å². The van der Waals surface area contributed by atoms with Gasteiger partial charge in [0.15, 0.2) is 0 Å². The molecule has 19 heavy (non-hydrogen) atoms. The number of nitrogens with zero attached hydrogens (tertiary/aromatic N) is 1. The number of nitrogens with one attached hydrogen (secondary N) is 1. The molecule has 2 nitrogen and oxygen atoms in total. The molecule has 0 atom stereocenters. The molecule has 0 saturated heterocycles. The van der Waals surface area contributed by atoms with Gasteiger partial charge < -0.3 is 5.32 Å². The van der Waals surface area contributed by atoms with Gasteiger partial charge in [0.25, 0.3) is 0 Å². The van der Waals surface area contributed by atoms with Gasteiger partial charge in [-0.2, -0.15) is 0 Å². The lowest BCUT2D eigenvalue weighted by Gasteiger charge is -2.01. The number of hydrogen-bond donors (Lipinski definition) is 1. The normalized spacial score (nSPS) is 13.5. The molecule has 0 aliphatic carbocycles. The van der Waals surface area contributed by atoms with E-state index in [1.54, 1.807) is 11.3 Å². The molecule has 1 aliphatic heterocycles. The Kier molecular flexibility index (Phi) is 2.35. The van der Waals surface area contributed by atoms with E-state index in [0.29, 0.717) is 0 Å². The third-order valence-electron chi connectivity index (χ3n) is 3.61. The molecule has 3 heteroatoms. The zero-order chi connectivity index (χ0) is 12.8. The second-order valence-electron chi connectivity index (χ2n) is 5.04. The summed E-state index contributed by atoms with van der Waals surface area (Å²) in [7, 11) is 0. The van der Waals surface area contributed by atoms with Crippen LogP contribution in [-0.2, 0) is 6.42 Å². The van der Waals surface area contributed by atoms with Crippen LogP contribution >= 0.6 is 11.3 Å². The van der Waals surface area contributed by atoms with Crippen LogP contribution in [0, 0.1) is 6.92 Å². The molecule has 1 N–H and O–H groups in total. The van der Waals surface area contributed by atoms with Crippen LogP contribution in [0.25, 0.3) is 20.8 Å². The van der Waals surface area contributed by atoms with Crippen LogP contribution in [0.1, 0.15) is 11.1 Å². The first kappa shape index (κ1) is 11.0. The van der Waals surface area contributed by atoms with Crippen molar-refractivity contribution in [3.8, 4) is 10.6 Å². The van der Waals surface area contributed by atoms with Crippen molar-refractivity contribution in [2.75, 3.05) is 11.9 Å². The van der Waals surface area contributed by atoms with Gasteiger partial charge in [-0.05, 0) is 42.7 Å². The maximum Gasteiger partial charge on any atom is 0.124 e. The largest absolute Gasteiger partial charge is 0.384 e. The lowest BCUT2D eigenvalue weighted by atomic mass is 10.1. The number of rotatable bonds is 1. The van der Waals surface area contributed by atoms with E-state index in [9.17, 15) is 0 Å². The fraction of sp³-hybridized carbons (Fsp3) is 0.188. The van der Waals surface area contributed by atoms with Gasteiger partial charge in [-0.1, -0.05) is 18.2 Å². The van der Waals surface area contributed by atoms with Crippen molar-refractivity contribution in [2.45, 2.75) is 13.3 Å². The lowest BCUT2D eigenvalue weighted by molar-refractivity contribution is 1.11. The predicted octanol–water partition coefficient (Wildman–Crippen LogP) is 4.24. The van der Waals surface area contributed by atoms with Crippen LogP contribution in [-0.4, -0.2) is 11.5 Å². The van der Waals surface area contributed by atoms with E-state index < -0.39 is 0 Å². The molecule has 0 fully saturated rings. The Morgan fingerprint density at radius 3 is 3.05 bits per heavy atom. The van der Waals surface area contributed by atoms with Crippen LogP contribution in [0.2, 0.25) is 0 Å². The second kappa shape index (κ2) is 4.07. The number of benzene rings is 2. The summed E-state index contributed by atoms with van der Waals surface area (Å²) in [6.45, 7) is 3.16. The first-order valence-corrected chi connectivity index (χ1v) is 7.36. The molecule has 0 amide bonds. The number of hydrogen-bond acceptors (Lipinski definition) is 3. The summed E-state index contributed by atoms with van der Waals surface area (Å²) in [5.41, 5.74) is 6.27. The summed E-state index contributed by atoms with van der Waals surface area (Å²) >= 11 is 1.77. The zero-order valence-corrected chi connectivity index (χ0v) is 11.6. The topological polar surface area (TPSA) is 24.9 Å². The van der Waals surface area contributed by atoms with Gasteiger partial charge in [0.2, 0.25) is 0 Å². The molecular weight excluding hydrogens is 252 g/mol. The molecule has 4 rings (SSSR count). The van der Waals surface area contributed by atoms with Gasteiger partial charge in [-0.3, -0.25) is 0 Å². The SMILES string of the molecule is Cc1ccc2sc(-c3ccc4c(c3)NCC4)nc2c1. The van der Waals surface area contributed by atoms with E-state index in [0.717, 1.165) is 23.5 Å². The average molecular weight is 266 g/mol. The van der Waals surface area contributed by atoms with Crippen LogP contribution in [0.15, 0.2) is 36.4 Å². The minimum Gasteiger partial charge on any atom is -0.384 e. The lowest BCUT2D eigenvalue weighted by Crippen LogP contribution is -1.90. The summed E-state index contributed by atoms with van der Waals surface area (Å²) < 4.78 is 1.26. The Bertz CT molecular complexity index is 774. The Labute approximate surface area is 116 Å². The molecular formula is C16H14N2S.